The topological polar surface area (TPSA) is 51.5 Å². The van der Waals surface area contributed by atoms with Crippen LogP contribution >= 0.6 is 11.6 Å². The van der Waals surface area contributed by atoms with E-state index in [1.54, 1.807) is 42.5 Å². The average molecular weight is 378 g/mol. The number of hydrogen-bond donors (Lipinski definition) is 1. The van der Waals surface area contributed by atoms with Crippen LogP contribution in [0.3, 0.4) is 0 Å². The maximum absolute atomic E-state index is 12.6. The summed E-state index contributed by atoms with van der Waals surface area (Å²) in [5.74, 6) is 1.41. The lowest BCUT2D eigenvalue weighted by molar-refractivity contribution is 0.0998. The molecule has 0 aliphatic rings. The van der Waals surface area contributed by atoms with Gasteiger partial charge in [-0.25, -0.2) is 0 Å². The molecular weight excluding hydrogens is 362 g/mol. The van der Waals surface area contributed by atoms with Crippen LogP contribution in [0.25, 0.3) is 11.0 Å². The number of anilines is 1. The van der Waals surface area contributed by atoms with Gasteiger partial charge in [0.25, 0.3) is 5.91 Å². The number of amides is 1. The molecule has 1 amide bonds. The van der Waals surface area contributed by atoms with Crippen LogP contribution in [-0.4, -0.2) is 5.91 Å². The van der Waals surface area contributed by atoms with E-state index in [0.717, 1.165) is 16.7 Å². The molecule has 27 heavy (non-hydrogen) atoms. The van der Waals surface area contributed by atoms with Gasteiger partial charge >= 0.3 is 0 Å². The monoisotopic (exact) mass is 377 g/mol. The second-order valence-electron chi connectivity index (χ2n) is 6.09. The van der Waals surface area contributed by atoms with E-state index in [0.29, 0.717) is 22.0 Å². The van der Waals surface area contributed by atoms with Crippen molar-refractivity contribution in [1.29, 1.82) is 0 Å². The van der Waals surface area contributed by atoms with E-state index in [2.05, 4.69) is 5.32 Å². The van der Waals surface area contributed by atoms with Crippen LogP contribution in [0.2, 0.25) is 5.02 Å². The van der Waals surface area contributed by atoms with E-state index < -0.39 is 0 Å². The molecule has 0 bridgehead atoms. The average Bonchev–Trinajstić information content (AvgIpc) is 3.00. The zero-order valence-corrected chi connectivity index (χ0v) is 15.3. The van der Waals surface area contributed by atoms with E-state index in [1.165, 1.54) is 0 Å². The molecule has 0 spiro atoms. The number of rotatable bonds is 4. The number of benzene rings is 3. The van der Waals surface area contributed by atoms with Crippen LogP contribution in [0, 0.1) is 6.92 Å². The van der Waals surface area contributed by atoms with Gasteiger partial charge in [-0.3, -0.25) is 4.79 Å². The van der Waals surface area contributed by atoms with Gasteiger partial charge in [0, 0.05) is 21.7 Å². The molecule has 1 N–H and O–H groups in total. The van der Waals surface area contributed by atoms with Crippen LogP contribution in [0.4, 0.5) is 5.69 Å². The fraction of sp³-hybridized carbons (Fsp3) is 0.0455. The molecule has 0 fully saturated rings. The molecule has 0 atom stereocenters. The fourth-order valence-corrected chi connectivity index (χ4v) is 3.00. The summed E-state index contributed by atoms with van der Waals surface area (Å²) in [7, 11) is 0. The Morgan fingerprint density at radius 1 is 0.963 bits per heavy atom. The molecule has 5 heteroatoms. The van der Waals surface area contributed by atoms with Crippen molar-refractivity contribution in [2.75, 3.05) is 5.32 Å². The molecular formula is C22H16ClNO3. The first-order valence-electron chi connectivity index (χ1n) is 8.43. The summed E-state index contributed by atoms with van der Waals surface area (Å²) in [6.07, 6.45) is 0. The van der Waals surface area contributed by atoms with Gasteiger partial charge in [-0.15, -0.1) is 0 Å². The number of furan rings is 1. The minimum Gasteiger partial charge on any atom is -0.457 e. The predicted octanol–water partition coefficient (Wildman–Crippen LogP) is 6.44. The number of carbonyl (C=O) groups is 1. The van der Waals surface area contributed by atoms with Gasteiger partial charge in [-0.05, 0) is 61.5 Å². The number of carbonyl (C=O) groups excluding carboxylic acids is 1. The highest BCUT2D eigenvalue weighted by molar-refractivity contribution is 6.31. The zero-order chi connectivity index (χ0) is 18.8. The summed E-state index contributed by atoms with van der Waals surface area (Å²) >= 11 is 6.03. The highest BCUT2D eigenvalue weighted by Crippen LogP contribution is 2.29. The van der Waals surface area contributed by atoms with Crippen LogP contribution in [0.15, 0.2) is 77.2 Å². The van der Waals surface area contributed by atoms with Crippen molar-refractivity contribution in [3.8, 4) is 11.5 Å². The van der Waals surface area contributed by atoms with E-state index in [9.17, 15) is 4.79 Å². The third-order valence-electron chi connectivity index (χ3n) is 4.20. The number of ether oxygens (including phenoxy) is 1. The third kappa shape index (κ3) is 3.66. The van der Waals surface area contributed by atoms with Gasteiger partial charge < -0.3 is 14.5 Å². The largest absolute Gasteiger partial charge is 0.457 e. The Morgan fingerprint density at radius 2 is 1.67 bits per heavy atom. The summed E-state index contributed by atoms with van der Waals surface area (Å²) < 4.78 is 11.4. The van der Waals surface area contributed by atoms with Crippen molar-refractivity contribution in [2.45, 2.75) is 6.92 Å². The second-order valence-corrected chi connectivity index (χ2v) is 6.53. The molecule has 3 aromatic carbocycles. The maximum Gasteiger partial charge on any atom is 0.291 e. The van der Waals surface area contributed by atoms with Crippen molar-refractivity contribution in [3.63, 3.8) is 0 Å². The summed E-state index contributed by atoms with van der Waals surface area (Å²) in [6.45, 7) is 1.84. The van der Waals surface area contributed by atoms with Crippen LogP contribution in [0.5, 0.6) is 11.5 Å². The minimum atomic E-state index is -0.309. The van der Waals surface area contributed by atoms with E-state index in [4.69, 9.17) is 20.8 Å². The van der Waals surface area contributed by atoms with Gasteiger partial charge in [0.2, 0.25) is 0 Å². The molecule has 0 aliphatic heterocycles. The molecule has 0 radical (unpaired) electrons. The van der Waals surface area contributed by atoms with Crippen molar-refractivity contribution in [2.24, 2.45) is 0 Å². The molecule has 0 saturated carbocycles. The number of aryl methyl sites for hydroxylation is 1. The minimum absolute atomic E-state index is 0.275. The molecule has 1 heterocycles. The summed E-state index contributed by atoms with van der Waals surface area (Å²) in [6, 6.07) is 22.0. The Labute approximate surface area is 161 Å². The first kappa shape index (κ1) is 17.2. The number of para-hydroxylation sites is 1. The number of hydrogen-bond acceptors (Lipinski definition) is 3. The smallest absolute Gasteiger partial charge is 0.291 e. The molecule has 1 aromatic heterocycles. The first-order chi connectivity index (χ1) is 13.1. The number of fused-ring (bicyclic) bond motifs is 1. The van der Waals surface area contributed by atoms with Gasteiger partial charge in [-0.2, -0.15) is 0 Å². The SMILES string of the molecule is Cc1c(C(=O)Nc2ccc(Oc3ccccc3)cc2)oc2ccc(Cl)cc12. The molecule has 0 aliphatic carbocycles. The summed E-state index contributed by atoms with van der Waals surface area (Å²) in [5, 5.41) is 4.28. The Morgan fingerprint density at radius 3 is 2.41 bits per heavy atom. The van der Waals surface area contributed by atoms with Crippen molar-refractivity contribution in [1.82, 2.24) is 0 Å². The molecule has 4 nitrogen and oxygen atoms in total. The van der Waals surface area contributed by atoms with Crippen molar-refractivity contribution in [3.05, 3.63) is 89.1 Å². The molecule has 134 valence electrons. The molecule has 0 unspecified atom stereocenters. The Balaban J connectivity index is 1.50. The Hall–Kier alpha value is -3.24. The number of halogens is 1. The van der Waals surface area contributed by atoms with E-state index in [1.807, 2.05) is 37.3 Å². The van der Waals surface area contributed by atoms with Crippen LogP contribution in [0.1, 0.15) is 16.1 Å². The highest BCUT2D eigenvalue weighted by atomic mass is 35.5. The molecule has 4 rings (SSSR count). The maximum atomic E-state index is 12.6. The standard InChI is InChI=1S/C22H16ClNO3/c1-14-19-13-15(23)7-12-20(19)27-21(14)22(25)24-16-8-10-18(11-9-16)26-17-5-3-2-4-6-17/h2-13H,1H3,(H,24,25). The lowest BCUT2D eigenvalue weighted by Crippen LogP contribution is -2.11. The summed E-state index contributed by atoms with van der Waals surface area (Å²) in [5.41, 5.74) is 2.04. The second kappa shape index (κ2) is 7.17. The Kier molecular flexibility index (Phi) is 4.57. The number of nitrogens with one attached hydrogen (secondary N) is 1. The lowest BCUT2D eigenvalue weighted by Gasteiger charge is -2.07. The molecule has 0 saturated heterocycles. The third-order valence-corrected chi connectivity index (χ3v) is 4.43. The van der Waals surface area contributed by atoms with Crippen LogP contribution in [-0.2, 0) is 0 Å². The normalized spacial score (nSPS) is 10.7. The van der Waals surface area contributed by atoms with Crippen LogP contribution < -0.4 is 10.1 Å². The van der Waals surface area contributed by atoms with Gasteiger partial charge in [0.05, 0.1) is 0 Å². The van der Waals surface area contributed by atoms with Gasteiger partial charge in [0.1, 0.15) is 17.1 Å². The predicted molar refractivity (Wildman–Crippen MR) is 107 cm³/mol. The quantitative estimate of drug-likeness (QED) is 0.445. The molecule has 4 aromatic rings. The Bertz CT molecular complexity index is 1100. The fourth-order valence-electron chi connectivity index (χ4n) is 2.83. The zero-order valence-electron chi connectivity index (χ0n) is 14.5. The van der Waals surface area contributed by atoms with Crippen molar-refractivity contribution >= 4 is 34.2 Å². The first-order valence-corrected chi connectivity index (χ1v) is 8.81. The highest BCUT2D eigenvalue weighted by Gasteiger charge is 2.18. The van der Waals surface area contributed by atoms with Crippen molar-refractivity contribution < 1.29 is 13.9 Å². The van der Waals surface area contributed by atoms with Gasteiger partial charge in [0.15, 0.2) is 5.76 Å². The van der Waals surface area contributed by atoms with E-state index >= 15 is 0 Å². The van der Waals surface area contributed by atoms with Gasteiger partial charge in [-0.1, -0.05) is 29.8 Å². The van der Waals surface area contributed by atoms with E-state index in [-0.39, 0.29) is 11.7 Å². The lowest BCUT2D eigenvalue weighted by atomic mass is 10.1. The summed E-state index contributed by atoms with van der Waals surface area (Å²) in [4.78, 5) is 12.6.